The third-order valence-corrected chi connectivity index (χ3v) is 5.29. The van der Waals surface area contributed by atoms with Crippen LogP contribution < -0.4 is 5.32 Å². The molecule has 0 bridgehead atoms. The van der Waals surface area contributed by atoms with E-state index in [0.29, 0.717) is 10.7 Å². The first kappa shape index (κ1) is 13.9. The van der Waals surface area contributed by atoms with Crippen LogP contribution in [0.1, 0.15) is 27.7 Å². The quantitative estimate of drug-likeness (QED) is 0.835. The molecule has 0 unspecified atom stereocenters. The van der Waals surface area contributed by atoms with E-state index in [1.165, 1.54) is 0 Å². The highest BCUT2D eigenvalue weighted by Crippen LogP contribution is 2.68. The molecular weight excluding hydrogens is 314 g/mol. The van der Waals surface area contributed by atoms with Gasteiger partial charge in [0.1, 0.15) is 0 Å². The zero-order valence-corrected chi connectivity index (χ0v) is 13.3. The van der Waals surface area contributed by atoms with Crippen molar-refractivity contribution in [3.05, 3.63) is 27.7 Å². The Hall–Kier alpha value is -0.540. The highest BCUT2D eigenvalue weighted by atomic mass is 79.9. The SMILES string of the molecule is CC1(C)C(C(=O)Nc2cc(Br)ccc2Cl)C1(C)C. The first-order valence-electron chi connectivity index (χ1n) is 5.94. The normalized spacial score (nSPS) is 20.6. The van der Waals surface area contributed by atoms with Crippen molar-refractivity contribution >= 4 is 39.1 Å². The minimum Gasteiger partial charge on any atom is -0.324 e. The zero-order valence-electron chi connectivity index (χ0n) is 11.0. The van der Waals surface area contributed by atoms with E-state index >= 15 is 0 Å². The molecule has 1 fully saturated rings. The predicted molar refractivity (Wildman–Crippen MR) is 78.8 cm³/mol. The molecule has 2 rings (SSSR count). The monoisotopic (exact) mass is 329 g/mol. The smallest absolute Gasteiger partial charge is 0.228 e. The van der Waals surface area contributed by atoms with Gasteiger partial charge in [0.05, 0.1) is 10.7 Å². The molecule has 0 saturated heterocycles. The average molecular weight is 331 g/mol. The Morgan fingerprint density at radius 1 is 1.28 bits per heavy atom. The van der Waals surface area contributed by atoms with Crippen LogP contribution in [0.2, 0.25) is 5.02 Å². The third-order valence-electron chi connectivity index (χ3n) is 4.47. The molecule has 98 valence electrons. The number of halogens is 2. The van der Waals surface area contributed by atoms with E-state index in [1.807, 2.05) is 12.1 Å². The molecule has 0 aromatic heterocycles. The maximum absolute atomic E-state index is 12.3. The van der Waals surface area contributed by atoms with E-state index in [4.69, 9.17) is 11.6 Å². The van der Waals surface area contributed by atoms with E-state index in [9.17, 15) is 4.79 Å². The first-order chi connectivity index (χ1) is 8.18. The zero-order chi connectivity index (χ0) is 13.7. The minimum atomic E-state index is 0.0278. The number of benzene rings is 1. The number of rotatable bonds is 2. The molecule has 1 aliphatic carbocycles. The van der Waals surface area contributed by atoms with Gasteiger partial charge in [-0.2, -0.15) is 0 Å². The summed E-state index contributed by atoms with van der Waals surface area (Å²) < 4.78 is 0.900. The summed E-state index contributed by atoms with van der Waals surface area (Å²) in [5.41, 5.74) is 0.736. The largest absolute Gasteiger partial charge is 0.324 e. The van der Waals surface area contributed by atoms with Crippen molar-refractivity contribution in [1.29, 1.82) is 0 Å². The van der Waals surface area contributed by atoms with E-state index in [0.717, 1.165) is 4.47 Å². The van der Waals surface area contributed by atoms with Gasteiger partial charge in [0.25, 0.3) is 0 Å². The van der Waals surface area contributed by atoms with Gasteiger partial charge in [0.15, 0.2) is 0 Å². The first-order valence-corrected chi connectivity index (χ1v) is 7.11. The van der Waals surface area contributed by atoms with E-state index < -0.39 is 0 Å². The highest BCUT2D eigenvalue weighted by Gasteiger charge is 2.68. The fraction of sp³-hybridized carbons (Fsp3) is 0.500. The Bertz CT molecular complexity index is 497. The molecule has 1 N–H and O–H groups in total. The molecule has 0 heterocycles. The summed E-state index contributed by atoms with van der Waals surface area (Å²) >= 11 is 9.45. The van der Waals surface area contributed by atoms with E-state index in [-0.39, 0.29) is 22.7 Å². The molecular formula is C14H17BrClNO. The molecule has 0 radical (unpaired) electrons. The molecule has 1 aromatic carbocycles. The highest BCUT2D eigenvalue weighted by molar-refractivity contribution is 9.10. The fourth-order valence-corrected chi connectivity index (χ4v) is 3.18. The Morgan fingerprint density at radius 2 is 1.83 bits per heavy atom. The molecule has 1 aromatic rings. The number of anilines is 1. The lowest BCUT2D eigenvalue weighted by Crippen LogP contribution is -2.17. The summed E-state index contributed by atoms with van der Waals surface area (Å²) in [5.74, 6) is 0.0741. The van der Waals surface area contributed by atoms with Crippen molar-refractivity contribution in [2.24, 2.45) is 16.7 Å². The molecule has 0 aliphatic heterocycles. The number of amides is 1. The molecule has 1 saturated carbocycles. The maximum Gasteiger partial charge on any atom is 0.228 e. The summed E-state index contributed by atoms with van der Waals surface area (Å²) in [4.78, 5) is 12.3. The molecule has 2 nitrogen and oxygen atoms in total. The van der Waals surface area contributed by atoms with Crippen LogP contribution in [0.3, 0.4) is 0 Å². The molecule has 1 amide bonds. The summed E-state index contributed by atoms with van der Waals surface area (Å²) in [6.07, 6.45) is 0. The number of nitrogens with one attached hydrogen (secondary N) is 1. The second kappa shape index (κ2) is 4.24. The van der Waals surface area contributed by atoms with Crippen molar-refractivity contribution in [2.45, 2.75) is 27.7 Å². The van der Waals surface area contributed by atoms with Crippen LogP contribution in [0.4, 0.5) is 5.69 Å². The molecule has 1 aliphatic rings. The van der Waals surface area contributed by atoms with Crippen molar-refractivity contribution in [3.8, 4) is 0 Å². The number of carbonyl (C=O) groups is 1. The van der Waals surface area contributed by atoms with Crippen molar-refractivity contribution in [1.82, 2.24) is 0 Å². The van der Waals surface area contributed by atoms with Gasteiger partial charge in [-0.1, -0.05) is 55.2 Å². The molecule has 18 heavy (non-hydrogen) atoms. The second-order valence-corrected chi connectivity index (χ2v) is 7.31. The number of hydrogen-bond acceptors (Lipinski definition) is 1. The van der Waals surface area contributed by atoms with Gasteiger partial charge in [-0.15, -0.1) is 0 Å². The Kier molecular flexibility index (Phi) is 3.27. The lowest BCUT2D eigenvalue weighted by molar-refractivity contribution is -0.118. The van der Waals surface area contributed by atoms with E-state index in [2.05, 4.69) is 48.9 Å². The van der Waals surface area contributed by atoms with Crippen LogP contribution in [0, 0.1) is 16.7 Å². The van der Waals surface area contributed by atoms with Gasteiger partial charge in [-0.3, -0.25) is 4.79 Å². The fourth-order valence-electron chi connectivity index (χ4n) is 2.65. The van der Waals surface area contributed by atoms with E-state index in [1.54, 1.807) is 6.07 Å². The van der Waals surface area contributed by atoms with Crippen LogP contribution in [0.25, 0.3) is 0 Å². The standard InChI is InChI=1S/C14H17BrClNO/c1-13(2)11(14(13,3)4)12(18)17-10-7-8(15)5-6-9(10)16/h5-7,11H,1-4H3,(H,17,18). The number of hydrogen-bond donors (Lipinski definition) is 1. The summed E-state index contributed by atoms with van der Waals surface area (Å²) in [6, 6.07) is 5.44. The average Bonchev–Trinajstić information content (AvgIpc) is 2.63. The van der Waals surface area contributed by atoms with Crippen LogP contribution in [-0.2, 0) is 4.79 Å². The van der Waals surface area contributed by atoms with Crippen LogP contribution in [0.5, 0.6) is 0 Å². The van der Waals surface area contributed by atoms with Crippen LogP contribution in [-0.4, -0.2) is 5.91 Å². The maximum atomic E-state index is 12.3. The second-order valence-electron chi connectivity index (χ2n) is 5.99. The lowest BCUT2D eigenvalue weighted by atomic mass is 10.0. The minimum absolute atomic E-state index is 0.0278. The van der Waals surface area contributed by atoms with Gasteiger partial charge >= 0.3 is 0 Å². The molecule has 0 spiro atoms. The van der Waals surface area contributed by atoms with Gasteiger partial charge in [0.2, 0.25) is 5.91 Å². The number of carbonyl (C=O) groups excluding carboxylic acids is 1. The summed E-state index contributed by atoms with van der Waals surface area (Å²) in [6.45, 7) is 8.50. The van der Waals surface area contributed by atoms with Crippen molar-refractivity contribution in [3.63, 3.8) is 0 Å². The summed E-state index contributed by atoms with van der Waals surface area (Å²) in [5, 5.41) is 3.48. The Labute approximate surface area is 121 Å². The van der Waals surface area contributed by atoms with Crippen molar-refractivity contribution in [2.75, 3.05) is 5.32 Å². The third kappa shape index (κ3) is 2.08. The molecule has 4 heteroatoms. The Morgan fingerprint density at radius 3 is 2.33 bits per heavy atom. The van der Waals surface area contributed by atoms with Gasteiger partial charge < -0.3 is 5.32 Å². The summed E-state index contributed by atoms with van der Waals surface area (Å²) in [7, 11) is 0. The lowest BCUT2D eigenvalue weighted by Gasteiger charge is -2.08. The van der Waals surface area contributed by atoms with Gasteiger partial charge in [-0.05, 0) is 29.0 Å². The topological polar surface area (TPSA) is 29.1 Å². The van der Waals surface area contributed by atoms with Crippen LogP contribution >= 0.6 is 27.5 Å². The van der Waals surface area contributed by atoms with Gasteiger partial charge in [0, 0.05) is 10.4 Å². The van der Waals surface area contributed by atoms with Gasteiger partial charge in [-0.25, -0.2) is 0 Å². The predicted octanol–water partition coefficient (Wildman–Crippen LogP) is 4.72. The van der Waals surface area contributed by atoms with Crippen LogP contribution in [0.15, 0.2) is 22.7 Å². The van der Waals surface area contributed by atoms with Crippen molar-refractivity contribution < 1.29 is 4.79 Å². The Balaban J connectivity index is 2.17. The molecule has 0 atom stereocenters.